The molecule has 0 amide bonds. The van der Waals surface area contributed by atoms with Gasteiger partial charge in [0.05, 0.1) is 18.2 Å². The number of nitrogens with zero attached hydrogens (tertiary/aromatic N) is 1. The van der Waals surface area contributed by atoms with E-state index in [0.717, 1.165) is 9.88 Å². The highest BCUT2D eigenvalue weighted by Crippen LogP contribution is 2.25. The first kappa shape index (κ1) is 13.1. The molecular formula is C11H17NO3S. The smallest absolute Gasteiger partial charge is 0.358 e. The van der Waals surface area contributed by atoms with E-state index in [0.29, 0.717) is 18.9 Å². The lowest BCUT2D eigenvalue weighted by molar-refractivity contribution is 0.0519. The molecule has 0 aromatic carbocycles. The van der Waals surface area contributed by atoms with Gasteiger partial charge < -0.3 is 9.47 Å². The second kappa shape index (κ2) is 5.96. The Kier molecular flexibility index (Phi) is 4.89. The van der Waals surface area contributed by atoms with E-state index in [1.807, 2.05) is 13.8 Å². The third-order valence-electron chi connectivity index (χ3n) is 2.12. The number of esters is 1. The largest absolute Gasteiger partial charge is 0.461 e. The van der Waals surface area contributed by atoms with E-state index in [4.69, 9.17) is 9.47 Å². The molecule has 0 bridgehead atoms. The number of hydrogen-bond donors (Lipinski definition) is 0. The summed E-state index contributed by atoms with van der Waals surface area (Å²) in [5, 5.41) is 0.919. The van der Waals surface area contributed by atoms with Crippen LogP contribution in [-0.2, 0) is 9.47 Å². The fraction of sp³-hybridized carbons (Fsp3) is 0.636. The zero-order valence-corrected chi connectivity index (χ0v) is 10.9. The first-order valence-electron chi connectivity index (χ1n) is 5.23. The predicted molar refractivity (Wildman–Crippen MR) is 63.1 cm³/mol. The minimum Gasteiger partial charge on any atom is -0.461 e. The average molecular weight is 243 g/mol. The molecular weight excluding hydrogens is 226 g/mol. The van der Waals surface area contributed by atoms with Gasteiger partial charge in [-0.15, -0.1) is 11.3 Å². The number of aryl methyl sites for hydroxylation is 1. The lowest BCUT2D eigenvalue weighted by atomic mass is 10.2. The van der Waals surface area contributed by atoms with E-state index in [1.165, 1.54) is 11.3 Å². The normalized spacial score (nSPS) is 12.5. The summed E-state index contributed by atoms with van der Waals surface area (Å²) in [5.41, 5.74) is 0.435. The van der Waals surface area contributed by atoms with Gasteiger partial charge in [0.1, 0.15) is 0 Å². The van der Waals surface area contributed by atoms with E-state index in [2.05, 4.69) is 4.98 Å². The summed E-state index contributed by atoms with van der Waals surface area (Å²) >= 11 is 1.52. The maximum absolute atomic E-state index is 11.6. The molecule has 0 N–H and O–H groups in total. The number of hydrogen-bond acceptors (Lipinski definition) is 5. The van der Waals surface area contributed by atoms with Crippen LogP contribution < -0.4 is 0 Å². The molecule has 0 fully saturated rings. The monoisotopic (exact) mass is 243 g/mol. The maximum Gasteiger partial charge on any atom is 0.358 e. The molecule has 5 heteroatoms. The molecule has 0 saturated heterocycles. The minimum absolute atomic E-state index is 0.205. The fourth-order valence-electron chi connectivity index (χ4n) is 1.34. The van der Waals surface area contributed by atoms with Crippen LogP contribution in [0.3, 0.4) is 0 Å². The Balaban J connectivity index is 2.84. The van der Waals surface area contributed by atoms with E-state index in [-0.39, 0.29) is 11.9 Å². The molecule has 0 spiro atoms. The molecule has 0 aliphatic carbocycles. The minimum atomic E-state index is -0.341. The van der Waals surface area contributed by atoms with Gasteiger partial charge in [0.2, 0.25) is 0 Å². The van der Waals surface area contributed by atoms with Gasteiger partial charge in [0.25, 0.3) is 0 Å². The van der Waals surface area contributed by atoms with E-state index in [9.17, 15) is 4.79 Å². The molecule has 1 aromatic rings. The molecule has 16 heavy (non-hydrogen) atoms. The number of carbonyl (C=O) groups excluding carboxylic acids is 1. The molecule has 1 unspecified atom stereocenters. The topological polar surface area (TPSA) is 48.4 Å². The number of rotatable bonds is 5. The molecule has 0 saturated carbocycles. The lowest BCUT2D eigenvalue weighted by Crippen LogP contribution is -2.07. The first-order valence-corrected chi connectivity index (χ1v) is 6.05. The Morgan fingerprint density at radius 2 is 2.25 bits per heavy atom. The van der Waals surface area contributed by atoms with Crippen molar-refractivity contribution in [3.05, 3.63) is 15.6 Å². The molecule has 0 radical (unpaired) electrons. The average Bonchev–Trinajstić information content (AvgIpc) is 2.61. The summed E-state index contributed by atoms with van der Waals surface area (Å²) in [5.74, 6) is -0.135. The molecule has 1 rings (SSSR count). The summed E-state index contributed by atoms with van der Waals surface area (Å²) in [6, 6.07) is 0. The van der Waals surface area contributed by atoms with Gasteiger partial charge in [-0.1, -0.05) is 6.92 Å². The standard InChI is InChI=1S/C11H17NO3S/c1-5-15-11(13)9-8(3)16-10(12-9)7(2)6-14-4/h7H,5-6H2,1-4H3. The third-order valence-corrected chi connectivity index (χ3v) is 3.32. The van der Waals surface area contributed by atoms with Crippen molar-refractivity contribution in [2.45, 2.75) is 26.7 Å². The van der Waals surface area contributed by atoms with Crippen molar-refractivity contribution < 1.29 is 14.3 Å². The van der Waals surface area contributed by atoms with Gasteiger partial charge in [-0.2, -0.15) is 0 Å². The molecule has 1 heterocycles. The van der Waals surface area contributed by atoms with E-state index < -0.39 is 0 Å². The highest BCUT2D eigenvalue weighted by atomic mass is 32.1. The van der Waals surface area contributed by atoms with Crippen molar-refractivity contribution >= 4 is 17.3 Å². The number of thiazole rings is 1. The first-order chi connectivity index (χ1) is 7.60. The SMILES string of the molecule is CCOC(=O)c1nc(C(C)COC)sc1C. The second-order valence-corrected chi connectivity index (χ2v) is 4.77. The van der Waals surface area contributed by atoms with Crippen LogP contribution in [0.2, 0.25) is 0 Å². The molecule has 1 aromatic heterocycles. The lowest BCUT2D eigenvalue weighted by Gasteiger charge is -2.04. The molecule has 90 valence electrons. The molecule has 1 atom stereocenters. The summed E-state index contributed by atoms with van der Waals surface area (Å²) in [7, 11) is 1.66. The number of aromatic nitrogens is 1. The van der Waals surface area contributed by atoms with Crippen molar-refractivity contribution in [3.63, 3.8) is 0 Å². The summed E-state index contributed by atoms with van der Waals surface area (Å²) in [6.45, 7) is 6.67. The quantitative estimate of drug-likeness (QED) is 0.745. The Hall–Kier alpha value is -0.940. The van der Waals surface area contributed by atoms with Crippen molar-refractivity contribution in [3.8, 4) is 0 Å². The van der Waals surface area contributed by atoms with Crippen LogP contribution in [0.4, 0.5) is 0 Å². The Bertz CT molecular complexity index is 362. The maximum atomic E-state index is 11.6. The zero-order valence-electron chi connectivity index (χ0n) is 10.1. The predicted octanol–water partition coefficient (Wildman–Crippen LogP) is 2.38. The van der Waals surface area contributed by atoms with Crippen molar-refractivity contribution in [2.75, 3.05) is 20.3 Å². The highest BCUT2D eigenvalue weighted by molar-refractivity contribution is 7.12. The molecule has 0 aliphatic rings. The van der Waals surface area contributed by atoms with Crippen molar-refractivity contribution in [1.29, 1.82) is 0 Å². The van der Waals surface area contributed by atoms with Gasteiger partial charge >= 0.3 is 5.97 Å². The van der Waals surface area contributed by atoms with E-state index >= 15 is 0 Å². The zero-order chi connectivity index (χ0) is 12.1. The summed E-state index contributed by atoms with van der Waals surface area (Å²) in [4.78, 5) is 16.8. The second-order valence-electron chi connectivity index (χ2n) is 3.53. The Morgan fingerprint density at radius 1 is 1.56 bits per heavy atom. The van der Waals surface area contributed by atoms with Crippen LogP contribution in [0.15, 0.2) is 0 Å². The van der Waals surface area contributed by atoms with Crippen LogP contribution in [-0.4, -0.2) is 31.3 Å². The fourth-order valence-corrected chi connectivity index (χ4v) is 2.28. The summed E-state index contributed by atoms with van der Waals surface area (Å²) in [6.07, 6.45) is 0. The van der Waals surface area contributed by atoms with E-state index in [1.54, 1.807) is 14.0 Å². The van der Waals surface area contributed by atoms with Crippen LogP contribution in [0.25, 0.3) is 0 Å². The van der Waals surface area contributed by atoms with Crippen LogP contribution in [0.1, 0.15) is 40.1 Å². The highest BCUT2D eigenvalue weighted by Gasteiger charge is 2.19. The Morgan fingerprint density at radius 3 is 2.81 bits per heavy atom. The van der Waals surface area contributed by atoms with Crippen LogP contribution in [0.5, 0.6) is 0 Å². The third kappa shape index (κ3) is 3.02. The van der Waals surface area contributed by atoms with Gasteiger partial charge in [-0.05, 0) is 13.8 Å². The number of methoxy groups -OCH3 is 1. The van der Waals surface area contributed by atoms with Gasteiger partial charge in [0, 0.05) is 17.9 Å². The van der Waals surface area contributed by atoms with Crippen LogP contribution >= 0.6 is 11.3 Å². The van der Waals surface area contributed by atoms with Crippen LogP contribution in [0, 0.1) is 6.92 Å². The number of ether oxygens (including phenoxy) is 2. The van der Waals surface area contributed by atoms with Crippen molar-refractivity contribution in [1.82, 2.24) is 4.98 Å². The molecule has 4 nitrogen and oxygen atoms in total. The Labute approximate surface area is 99.6 Å². The summed E-state index contributed by atoms with van der Waals surface area (Å²) < 4.78 is 10.0. The van der Waals surface area contributed by atoms with Gasteiger partial charge in [-0.3, -0.25) is 0 Å². The van der Waals surface area contributed by atoms with Gasteiger partial charge in [0.15, 0.2) is 5.69 Å². The number of carbonyl (C=O) groups is 1. The van der Waals surface area contributed by atoms with Gasteiger partial charge in [-0.25, -0.2) is 9.78 Å². The molecule has 0 aliphatic heterocycles. The van der Waals surface area contributed by atoms with Crippen molar-refractivity contribution in [2.24, 2.45) is 0 Å².